The van der Waals surface area contributed by atoms with Gasteiger partial charge >= 0.3 is 0 Å². The fourth-order valence-corrected chi connectivity index (χ4v) is 5.27. The zero-order valence-electron chi connectivity index (χ0n) is 15.8. The van der Waals surface area contributed by atoms with Crippen LogP contribution in [0.25, 0.3) is 54.6 Å². The fourth-order valence-electron chi connectivity index (χ4n) is 5.27. The maximum Gasteiger partial charge on any atom is 0.0785 e. The number of para-hydroxylation sites is 2. The fraction of sp³-hybridized carbons (Fsp3) is 0.0769. The first kappa shape index (κ1) is 14.5. The summed E-state index contributed by atoms with van der Waals surface area (Å²) in [5, 5.41) is 5.35. The van der Waals surface area contributed by atoms with Crippen LogP contribution in [-0.4, -0.2) is 8.80 Å². The molecule has 0 bridgehead atoms. The normalized spacial score (nSPS) is 12.6. The number of benzene rings is 4. The first-order valence-corrected chi connectivity index (χ1v) is 9.81. The van der Waals surface area contributed by atoms with Gasteiger partial charge in [-0.1, -0.05) is 48.5 Å². The molecule has 0 fully saturated rings. The second kappa shape index (κ2) is 4.66. The molecule has 0 N–H and O–H groups in total. The molecule has 0 saturated carbocycles. The van der Waals surface area contributed by atoms with Crippen LogP contribution in [0.5, 0.6) is 0 Å². The lowest BCUT2D eigenvalue weighted by atomic mass is 10.1. The number of rotatable bonds is 0. The molecule has 0 aliphatic carbocycles. The predicted octanol–water partition coefficient (Wildman–Crippen LogP) is 6.86. The first-order chi connectivity index (χ1) is 13.7. The summed E-state index contributed by atoms with van der Waals surface area (Å²) in [7, 11) is 0. The average molecular weight is 358 g/mol. The van der Waals surface area contributed by atoms with Crippen molar-refractivity contribution in [3.63, 3.8) is 0 Å². The topological polar surface area (TPSA) is 8.82 Å². The Labute approximate surface area is 161 Å². The van der Waals surface area contributed by atoms with E-state index >= 15 is 0 Å². The SMILES string of the molecule is Cc1ccc2c3c(C)ccc4c3n(c2c1)c1cccc2c3ccccc3n4c21. The Balaban J connectivity index is 1.99. The van der Waals surface area contributed by atoms with Gasteiger partial charge in [-0.05, 0) is 49.2 Å². The van der Waals surface area contributed by atoms with Crippen LogP contribution in [0.1, 0.15) is 11.1 Å². The van der Waals surface area contributed by atoms with E-state index in [2.05, 4.69) is 95.4 Å². The van der Waals surface area contributed by atoms with E-state index in [4.69, 9.17) is 0 Å². The van der Waals surface area contributed by atoms with Crippen molar-refractivity contribution in [2.75, 3.05) is 0 Å². The molecule has 0 aliphatic rings. The Morgan fingerprint density at radius 2 is 1.29 bits per heavy atom. The predicted molar refractivity (Wildman–Crippen MR) is 119 cm³/mol. The minimum atomic E-state index is 1.28. The van der Waals surface area contributed by atoms with Crippen LogP contribution < -0.4 is 0 Å². The van der Waals surface area contributed by atoms with Crippen molar-refractivity contribution < 1.29 is 0 Å². The Morgan fingerprint density at radius 3 is 2.21 bits per heavy atom. The summed E-state index contributed by atoms with van der Waals surface area (Å²) >= 11 is 0. The van der Waals surface area contributed by atoms with Crippen molar-refractivity contribution >= 4 is 54.6 Å². The zero-order valence-corrected chi connectivity index (χ0v) is 15.8. The Morgan fingerprint density at radius 1 is 0.536 bits per heavy atom. The van der Waals surface area contributed by atoms with E-state index in [0.717, 1.165) is 0 Å². The van der Waals surface area contributed by atoms with Crippen molar-refractivity contribution in [1.82, 2.24) is 8.80 Å². The molecular weight excluding hydrogens is 340 g/mol. The summed E-state index contributed by atoms with van der Waals surface area (Å²) in [6.07, 6.45) is 0. The lowest BCUT2D eigenvalue weighted by Gasteiger charge is -2.12. The molecule has 7 rings (SSSR count). The van der Waals surface area contributed by atoms with Crippen LogP contribution in [0.3, 0.4) is 0 Å². The van der Waals surface area contributed by atoms with E-state index in [1.54, 1.807) is 0 Å². The van der Waals surface area contributed by atoms with Gasteiger partial charge in [0.1, 0.15) is 0 Å². The van der Waals surface area contributed by atoms with Gasteiger partial charge in [-0.3, -0.25) is 0 Å². The largest absolute Gasteiger partial charge is 0.305 e. The van der Waals surface area contributed by atoms with Gasteiger partial charge in [0.05, 0.1) is 33.1 Å². The van der Waals surface area contributed by atoms with Gasteiger partial charge in [-0.25, -0.2) is 0 Å². The summed E-state index contributed by atoms with van der Waals surface area (Å²) in [6, 6.07) is 26.9. The third-order valence-electron chi connectivity index (χ3n) is 6.41. The molecule has 7 aromatic rings. The number of nitrogens with zero attached hydrogens (tertiary/aromatic N) is 2. The maximum atomic E-state index is 2.49. The molecule has 2 nitrogen and oxygen atoms in total. The van der Waals surface area contributed by atoms with E-state index < -0.39 is 0 Å². The molecule has 132 valence electrons. The molecule has 0 aliphatic heterocycles. The maximum absolute atomic E-state index is 2.49. The highest BCUT2D eigenvalue weighted by molar-refractivity contribution is 6.22. The molecule has 0 unspecified atom stereocenters. The number of aromatic nitrogens is 2. The highest BCUT2D eigenvalue weighted by Crippen LogP contribution is 2.41. The van der Waals surface area contributed by atoms with Gasteiger partial charge in [0.15, 0.2) is 0 Å². The molecule has 3 heterocycles. The molecule has 0 radical (unpaired) electrons. The quantitative estimate of drug-likeness (QED) is 0.262. The Kier molecular flexibility index (Phi) is 2.42. The smallest absolute Gasteiger partial charge is 0.0785 e. The summed E-state index contributed by atoms with van der Waals surface area (Å²) < 4.78 is 4.95. The van der Waals surface area contributed by atoms with Crippen LogP contribution in [0.15, 0.2) is 72.8 Å². The Hall–Kier alpha value is -3.52. The van der Waals surface area contributed by atoms with E-state index in [9.17, 15) is 0 Å². The monoisotopic (exact) mass is 358 g/mol. The highest BCUT2D eigenvalue weighted by atomic mass is 15.0. The van der Waals surface area contributed by atoms with Crippen LogP contribution >= 0.6 is 0 Å². The number of hydrogen-bond acceptors (Lipinski definition) is 0. The van der Waals surface area contributed by atoms with Crippen LogP contribution in [0, 0.1) is 13.8 Å². The molecule has 0 spiro atoms. The van der Waals surface area contributed by atoms with E-state index in [1.807, 2.05) is 0 Å². The van der Waals surface area contributed by atoms with Crippen molar-refractivity contribution in [1.29, 1.82) is 0 Å². The van der Waals surface area contributed by atoms with Gasteiger partial charge in [-0.2, -0.15) is 0 Å². The van der Waals surface area contributed by atoms with E-state index in [0.29, 0.717) is 0 Å². The van der Waals surface area contributed by atoms with Crippen molar-refractivity contribution in [3.8, 4) is 0 Å². The third kappa shape index (κ3) is 1.49. The summed E-state index contributed by atoms with van der Waals surface area (Å²) in [4.78, 5) is 0. The third-order valence-corrected chi connectivity index (χ3v) is 6.41. The lowest BCUT2D eigenvalue weighted by Crippen LogP contribution is -1.97. The number of aryl methyl sites for hydroxylation is 2. The summed E-state index contributed by atoms with van der Waals surface area (Å²) in [5.41, 5.74) is 10.4. The van der Waals surface area contributed by atoms with Crippen LogP contribution in [0.2, 0.25) is 0 Å². The highest BCUT2D eigenvalue weighted by Gasteiger charge is 2.21. The van der Waals surface area contributed by atoms with Crippen LogP contribution in [0.4, 0.5) is 0 Å². The first-order valence-electron chi connectivity index (χ1n) is 9.81. The van der Waals surface area contributed by atoms with Crippen LogP contribution in [-0.2, 0) is 0 Å². The van der Waals surface area contributed by atoms with Gasteiger partial charge < -0.3 is 8.80 Å². The van der Waals surface area contributed by atoms with Crippen molar-refractivity contribution in [3.05, 3.63) is 83.9 Å². The summed E-state index contributed by atoms with van der Waals surface area (Å²) in [5.74, 6) is 0. The molecule has 3 aromatic heterocycles. The minimum absolute atomic E-state index is 1.28. The standard InChI is InChI=1S/C26H18N2/c1-15-10-12-19-23(14-15)28-21-9-5-7-18-17-6-3-4-8-20(17)27(25(18)21)22-13-11-16(2)24(19)26(22)28/h3-14H,1-2H3. The Bertz CT molecular complexity index is 1730. The van der Waals surface area contributed by atoms with Gasteiger partial charge in [0, 0.05) is 21.5 Å². The number of fused-ring (bicyclic) bond motifs is 8. The van der Waals surface area contributed by atoms with Gasteiger partial charge in [0.25, 0.3) is 0 Å². The average Bonchev–Trinajstić information content (AvgIpc) is 3.23. The number of hydrogen-bond donors (Lipinski definition) is 0. The molecule has 4 aromatic carbocycles. The minimum Gasteiger partial charge on any atom is -0.305 e. The molecule has 0 atom stereocenters. The van der Waals surface area contributed by atoms with Gasteiger partial charge in [0.2, 0.25) is 0 Å². The molecule has 2 heteroatoms. The van der Waals surface area contributed by atoms with Crippen molar-refractivity contribution in [2.24, 2.45) is 0 Å². The van der Waals surface area contributed by atoms with E-state index in [1.165, 1.54) is 65.8 Å². The molecule has 28 heavy (non-hydrogen) atoms. The molecule has 0 saturated heterocycles. The lowest BCUT2D eigenvalue weighted by molar-refractivity contribution is 1.25. The van der Waals surface area contributed by atoms with E-state index in [-0.39, 0.29) is 0 Å². The second-order valence-corrected chi connectivity index (χ2v) is 8.01. The zero-order chi connectivity index (χ0) is 18.6. The van der Waals surface area contributed by atoms with Gasteiger partial charge in [-0.15, -0.1) is 0 Å². The van der Waals surface area contributed by atoms with Crippen molar-refractivity contribution in [2.45, 2.75) is 13.8 Å². The second-order valence-electron chi connectivity index (χ2n) is 8.01. The molecular formula is C26H18N2. The summed E-state index contributed by atoms with van der Waals surface area (Å²) in [6.45, 7) is 4.41. The molecule has 0 amide bonds.